The number of fused-ring (bicyclic) bond motifs is 1. The van der Waals surface area contributed by atoms with E-state index in [-0.39, 0.29) is 77.2 Å². The Morgan fingerprint density at radius 2 is 1.29 bits per heavy atom. The second-order valence-corrected chi connectivity index (χ2v) is 24.9. The number of carbonyl (C=O) groups is 6. The minimum Gasteiger partial charge on any atom is -0.494 e. The summed E-state index contributed by atoms with van der Waals surface area (Å²) in [5, 5.41) is 34.1. The van der Waals surface area contributed by atoms with E-state index >= 15 is 0 Å². The van der Waals surface area contributed by atoms with Gasteiger partial charge >= 0.3 is 11.9 Å². The molecule has 0 bridgehead atoms. The van der Waals surface area contributed by atoms with E-state index in [1.807, 2.05) is 36.0 Å². The molecule has 9 N–H and O–H groups in total. The van der Waals surface area contributed by atoms with Gasteiger partial charge in [-0.2, -0.15) is 4.72 Å². The third-order valence-corrected chi connectivity index (χ3v) is 17.5. The van der Waals surface area contributed by atoms with Crippen molar-refractivity contribution in [2.75, 3.05) is 151 Å². The number of H-pyrrole nitrogens is 1. The summed E-state index contributed by atoms with van der Waals surface area (Å²) in [6.45, 7) is 11.0. The highest BCUT2D eigenvalue weighted by molar-refractivity contribution is 7.89. The number of imidazole rings is 1. The number of carbonyl (C=O) groups excluding carboxylic acids is 4. The van der Waals surface area contributed by atoms with Gasteiger partial charge in [-0.3, -0.25) is 43.4 Å². The number of benzene rings is 3. The summed E-state index contributed by atoms with van der Waals surface area (Å²) in [4.78, 5) is 106. The Bertz CT molecular complexity index is 3410. The molecule has 1 aliphatic heterocycles. The number of nitrogens with one attached hydrogen (secondary N) is 7. The number of sulfonamides is 1. The van der Waals surface area contributed by atoms with Crippen molar-refractivity contribution in [1.29, 1.82) is 0 Å². The smallest absolute Gasteiger partial charge is 0.323 e. The number of rotatable bonds is 38. The van der Waals surface area contributed by atoms with Crippen molar-refractivity contribution < 1.29 is 70.9 Å². The van der Waals surface area contributed by atoms with Crippen LogP contribution < -0.4 is 46.0 Å². The molecule has 29 nitrogen and oxygen atoms in total. The second-order valence-electron chi connectivity index (χ2n) is 23.0. The zero-order valence-corrected chi connectivity index (χ0v) is 56.2. The normalized spacial score (nSPS) is 14.7. The fourth-order valence-corrected chi connectivity index (χ4v) is 12.0. The highest BCUT2D eigenvalue weighted by Gasteiger charge is 2.30. The molecule has 4 amide bonds. The van der Waals surface area contributed by atoms with Crippen molar-refractivity contribution in [3.8, 4) is 11.5 Å². The van der Waals surface area contributed by atoms with Gasteiger partial charge in [0.2, 0.25) is 33.2 Å². The fourth-order valence-electron chi connectivity index (χ4n) is 10.2. The van der Waals surface area contributed by atoms with Crippen LogP contribution in [0.1, 0.15) is 58.3 Å². The first-order valence-corrected chi connectivity index (χ1v) is 33.2. The zero-order chi connectivity index (χ0) is 68.0. The van der Waals surface area contributed by atoms with Crippen LogP contribution in [0, 0.1) is 13.8 Å². The first kappa shape index (κ1) is 75.4. The first-order valence-electron chi connectivity index (χ1n) is 31.3. The molecule has 5 aromatic rings. The van der Waals surface area contributed by atoms with Crippen molar-refractivity contribution in [2.45, 2.75) is 69.5 Å². The molecule has 31 heteroatoms. The molecule has 6 rings (SSSR count). The number of carboxylic acids is 2. The summed E-state index contributed by atoms with van der Waals surface area (Å²) < 4.78 is 59.1. The van der Waals surface area contributed by atoms with E-state index < -0.39 is 51.9 Å². The van der Waals surface area contributed by atoms with E-state index in [4.69, 9.17) is 23.5 Å². The SMILES string of the molecule is Cc1cc(OCCCC(=O)NCCCOCCOCCOCCCNC(=O)C(Cc2ccc(OP)cc2)NC(=O)CN2CCN(C)CCN(C)CCN(CC(=O)O)CC2)cc(C)c1S(=O)(=O)NC(CNC(=O)c1cn(C)c2cc(CNc3ncc[nH]3)ccc2c1=O)C(=O)O. The van der Waals surface area contributed by atoms with Gasteiger partial charge in [0.05, 0.1) is 66.0 Å². The number of nitrogens with zero attached hydrogens (tertiary/aromatic N) is 6. The predicted molar refractivity (Wildman–Crippen MR) is 355 cm³/mol. The van der Waals surface area contributed by atoms with Crippen molar-refractivity contribution in [1.82, 2.24) is 60.1 Å². The second kappa shape index (κ2) is 39.3. The first-order chi connectivity index (χ1) is 45.1. The van der Waals surface area contributed by atoms with Gasteiger partial charge in [0.15, 0.2) is 5.95 Å². The van der Waals surface area contributed by atoms with Crippen molar-refractivity contribution in [2.24, 2.45) is 7.05 Å². The van der Waals surface area contributed by atoms with E-state index in [0.717, 1.165) is 30.8 Å². The van der Waals surface area contributed by atoms with Crippen LogP contribution in [0.2, 0.25) is 0 Å². The van der Waals surface area contributed by atoms with Crippen molar-refractivity contribution >= 4 is 71.9 Å². The third-order valence-electron chi connectivity index (χ3n) is 15.4. The number of hydrogen-bond donors (Lipinski definition) is 9. The molecule has 0 radical (unpaired) electrons. The molecule has 0 saturated carbocycles. The minimum absolute atomic E-state index is 0.0422. The highest BCUT2D eigenvalue weighted by Crippen LogP contribution is 2.27. The highest BCUT2D eigenvalue weighted by atomic mass is 32.2. The molecule has 3 aromatic carbocycles. The molecule has 1 saturated heterocycles. The number of ether oxygens (including phenoxy) is 4. The largest absolute Gasteiger partial charge is 0.494 e. The number of aromatic amines is 1. The summed E-state index contributed by atoms with van der Waals surface area (Å²) >= 11 is 0. The molecule has 94 heavy (non-hydrogen) atoms. The average molecular weight is 1350 g/mol. The van der Waals surface area contributed by atoms with Gasteiger partial charge < -0.3 is 79.6 Å². The quantitative estimate of drug-likeness (QED) is 0.0199. The number of aryl methyl sites for hydroxylation is 3. The molecule has 0 aliphatic carbocycles. The number of pyridine rings is 1. The Kier molecular flexibility index (Phi) is 31.5. The number of likely N-dealkylation sites (N-methyl/N-ethyl adjacent to an activating group) is 2. The van der Waals surface area contributed by atoms with E-state index in [1.165, 1.54) is 32.2 Å². The lowest BCUT2D eigenvalue weighted by Gasteiger charge is -2.31. The van der Waals surface area contributed by atoms with Crippen molar-refractivity contribution in [3.63, 3.8) is 0 Å². The molecule has 3 heterocycles. The summed E-state index contributed by atoms with van der Waals surface area (Å²) in [5.41, 5.74) is 1.94. The van der Waals surface area contributed by atoms with Gasteiger partial charge in [-0.15, -0.1) is 0 Å². The molecular formula is C63H92N13O16PS. The number of aromatic nitrogens is 3. The number of hydrogen-bond acceptors (Lipinski definition) is 20. The van der Waals surface area contributed by atoms with E-state index in [2.05, 4.69) is 60.5 Å². The summed E-state index contributed by atoms with van der Waals surface area (Å²) in [6, 6.07) is 12.7. The van der Waals surface area contributed by atoms with Gasteiger partial charge in [-0.1, -0.05) is 18.2 Å². The van der Waals surface area contributed by atoms with Crippen LogP contribution >= 0.6 is 9.47 Å². The van der Waals surface area contributed by atoms with E-state index in [9.17, 15) is 52.2 Å². The summed E-state index contributed by atoms with van der Waals surface area (Å²) in [5.74, 6) is -2.60. The van der Waals surface area contributed by atoms with Crippen LogP contribution in [0.5, 0.6) is 11.5 Å². The third kappa shape index (κ3) is 25.9. The van der Waals surface area contributed by atoms with Crippen LogP contribution in [0.4, 0.5) is 5.95 Å². The van der Waals surface area contributed by atoms with Crippen LogP contribution in [0.15, 0.2) is 82.9 Å². The van der Waals surface area contributed by atoms with Gasteiger partial charge in [0.1, 0.15) is 29.1 Å². The Labute approximate surface area is 550 Å². The van der Waals surface area contributed by atoms with Gasteiger partial charge in [0, 0.05) is 136 Å². The Balaban J connectivity index is 0.808. The van der Waals surface area contributed by atoms with Gasteiger partial charge in [-0.25, -0.2) is 13.4 Å². The zero-order valence-electron chi connectivity index (χ0n) is 54.2. The average Bonchev–Trinajstić information content (AvgIpc) is 0.840. The predicted octanol–water partition coefficient (Wildman–Crippen LogP) is 1.34. The lowest BCUT2D eigenvalue weighted by molar-refractivity contribution is -0.139. The number of carboxylic acid groups (broad SMARTS) is 2. The van der Waals surface area contributed by atoms with Crippen LogP contribution in [0.3, 0.4) is 0 Å². The summed E-state index contributed by atoms with van der Waals surface area (Å²) in [7, 11) is 3.46. The monoisotopic (exact) mass is 1350 g/mol. The van der Waals surface area contributed by atoms with Gasteiger partial charge in [0.25, 0.3) is 5.91 Å². The maximum atomic E-state index is 13.7. The number of amides is 4. The minimum atomic E-state index is -4.46. The van der Waals surface area contributed by atoms with Crippen LogP contribution in [0.25, 0.3) is 10.9 Å². The fraction of sp³-hybridized carbons (Fsp3) is 0.524. The summed E-state index contributed by atoms with van der Waals surface area (Å²) in [6.07, 6.45) is 6.53. The van der Waals surface area contributed by atoms with Crippen LogP contribution in [-0.2, 0) is 68.2 Å². The van der Waals surface area contributed by atoms with Crippen LogP contribution in [-0.4, -0.2) is 246 Å². The molecule has 1 aliphatic rings. The molecule has 3 unspecified atom stereocenters. The topological polar surface area (TPSA) is 359 Å². The number of anilines is 1. The van der Waals surface area contributed by atoms with E-state index in [1.54, 1.807) is 54.3 Å². The number of aliphatic carboxylic acids is 2. The Morgan fingerprint density at radius 1 is 0.691 bits per heavy atom. The van der Waals surface area contributed by atoms with Crippen molar-refractivity contribution in [3.05, 3.63) is 111 Å². The maximum Gasteiger partial charge on any atom is 0.323 e. The molecule has 516 valence electrons. The van der Waals surface area contributed by atoms with Gasteiger partial charge in [-0.05, 0) is 106 Å². The maximum absolute atomic E-state index is 13.7. The Morgan fingerprint density at radius 3 is 1.89 bits per heavy atom. The lowest BCUT2D eigenvalue weighted by atomic mass is 10.0. The molecular weight excluding hydrogens is 1260 g/mol. The molecule has 1 fully saturated rings. The Hall–Kier alpha value is -7.64. The lowest BCUT2D eigenvalue weighted by Crippen LogP contribution is -2.52. The molecule has 2 aromatic heterocycles. The molecule has 3 atom stereocenters. The van der Waals surface area contributed by atoms with E-state index in [0.29, 0.717) is 134 Å². The standard InChI is InChI=1S/C63H92N13O16PS/c1-44-35-49(36-45(2)59(44)94(86,87)71-53(62(84)85)40-68-60(82)51-41-74(5)54-38-47(12-15-50(54)58(51)81)39-69-63-66-18-19-67-63)91-30-6-9-55(77)64-16-7-28-88-31-33-90-34-32-89-29-8-17-65-61(83)52(37-46-10-13-48(92-93)14-11-46)70-56(78)42-75-24-22-72(3)20-21-73(4)23-25-76(27-26-75)43-57(79)80/h10-15,18-19,35-36,38,41,52-53,71H,6-9,16-17,20-34,37,39-40,42-43,93H2,1-5H3,(H,64,77)(H,65,83)(H,68,82)(H,70,78)(H,79,80)(H,84,85)(H2,66,67,69). The molecule has 0 spiro atoms.